The number of esters is 1. The molecule has 1 atom stereocenters. The fourth-order valence-electron chi connectivity index (χ4n) is 4.32. The molecule has 0 fully saturated rings. The number of aryl methyl sites for hydroxylation is 1. The zero-order valence-corrected chi connectivity index (χ0v) is 17.6. The molecule has 0 saturated heterocycles. The molecular weight excluding hydrogens is 364 g/mol. The van der Waals surface area contributed by atoms with Gasteiger partial charge in [-0.3, -0.25) is 4.98 Å². The molecule has 4 rings (SSSR count). The minimum absolute atomic E-state index is 0.126. The molecule has 1 aromatic heterocycles. The highest BCUT2D eigenvalue weighted by Crippen LogP contribution is 2.54. The zero-order valence-electron chi connectivity index (χ0n) is 17.6. The summed E-state index contributed by atoms with van der Waals surface area (Å²) in [7, 11) is 2.06. The van der Waals surface area contributed by atoms with E-state index >= 15 is 0 Å². The summed E-state index contributed by atoms with van der Waals surface area (Å²) < 4.78 is 12.1. The molecule has 29 heavy (non-hydrogen) atoms. The number of hydrogen-bond donors (Lipinski definition) is 0. The molecule has 3 heterocycles. The molecule has 2 aromatic rings. The van der Waals surface area contributed by atoms with E-state index in [2.05, 4.69) is 67.7 Å². The third kappa shape index (κ3) is 2.68. The van der Waals surface area contributed by atoms with Crippen LogP contribution in [0.2, 0.25) is 0 Å². The van der Waals surface area contributed by atoms with E-state index in [0.717, 1.165) is 28.3 Å². The average molecular weight is 390 g/mol. The Morgan fingerprint density at radius 2 is 2.03 bits per heavy atom. The Balaban J connectivity index is 1.75. The highest BCUT2D eigenvalue weighted by Gasteiger charge is 2.57. The van der Waals surface area contributed by atoms with Crippen molar-refractivity contribution in [2.75, 3.05) is 11.9 Å². The van der Waals surface area contributed by atoms with Crippen molar-refractivity contribution in [1.29, 1.82) is 0 Å². The van der Waals surface area contributed by atoms with Crippen LogP contribution < -0.4 is 9.64 Å². The van der Waals surface area contributed by atoms with Crippen molar-refractivity contribution in [3.8, 4) is 5.75 Å². The SMILES string of the molecule is C=C(C)C(=O)OCc1cnc(C)c2c1C=CC1(O2)N(C)c2ccccc2C1(C)C. The number of carbonyl (C=O) groups is 1. The van der Waals surface area contributed by atoms with Gasteiger partial charge in [-0.1, -0.05) is 24.8 Å². The second-order valence-electron chi connectivity index (χ2n) is 8.30. The summed E-state index contributed by atoms with van der Waals surface area (Å²) in [6.07, 6.45) is 5.92. The van der Waals surface area contributed by atoms with Crippen LogP contribution in [0.4, 0.5) is 5.69 Å². The Bertz CT molecular complexity index is 1050. The van der Waals surface area contributed by atoms with Gasteiger partial charge in [-0.15, -0.1) is 0 Å². The van der Waals surface area contributed by atoms with Gasteiger partial charge in [-0.25, -0.2) is 4.79 Å². The van der Waals surface area contributed by atoms with E-state index < -0.39 is 11.7 Å². The van der Waals surface area contributed by atoms with Gasteiger partial charge in [0.1, 0.15) is 6.61 Å². The van der Waals surface area contributed by atoms with Crippen LogP contribution in [-0.2, 0) is 21.6 Å². The maximum atomic E-state index is 11.8. The number of para-hydroxylation sites is 1. The van der Waals surface area contributed by atoms with Gasteiger partial charge in [-0.05, 0) is 51.5 Å². The van der Waals surface area contributed by atoms with Gasteiger partial charge in [-0.2, -0.15) is 0 Å². The Hall–Kier alpha value is -3.08. The van der Waals surface area contributed by atoms with Gasteiger partial charge in [0.15, 0.2) is 5.75 Å². The number of pyridine rings is 1. The number of fused-ring (bicyclic) bond motifs is 2. The number of benzene rings is 1. The Labute approximate surface area is 171 Å². The van der Waals surface area contributed by atoms with E-state index in [4.69, 9.17) is 9.47 Å². The second-order valence-corrected chi connectivity index (χ2v) is 8.30. The molecule has 2 aliphatic heterocycles. The molecule has 0 aliphatic carbocycles. The van der Waals surface area contributed by atoms with Crippen molar-refractivity contribution in [3.63, 3.8) is 0 Å². The summed E-state index contributed by atoms with van der Waals surface area (Å²) in [5.41, 5.74) is 4.34. The van der Waals surface area contributed by atoms with Crippen LogP contribution in [-0.4, -0.2) is 23.7 Å². The van der Waals surface area contributed by atoms with Gasteiger partial charge in [0.05, 0.1) is 11.1 Å². The van der Waals surface area contributed by atoms with Crippen LogP contribution in [0.15, 0.2) is 48.7 Å². The molecule has 0 amide bonds. The van der Waals surface area contributed by atoms with Gasteiger partial charge < -0.3 is 14.4 Å². The molecule has 0 N–H and O–H groups in total. The van der Waals surface area contributed by atoms with E-state index in [-0.39, 0.29) is 12.0 Å². The molecule has 1 unspecified atom stereocenters. The minimum atomic E-state index is -0.664. The Kier molecular flexibility index (Phi) is 4.30. The third-order valence-corrected chi connectivity index (χ3v) is 6.11. The lowest BCUT2D eigenvalue weighted by Crippen LogP contribution is -2.58. The number of likely N-dealkylation sites (N-methyl/N-ethyl adjacent to an activating group) is 1. The first-order valence-electron chi connectivity index (χ1n) is 9.72. The highest BCUT2D eigenvalue weighted by atomic mass is 16.5. The molecule has 5 heteroatoms. The Morgan fingerprint density at radius 3 is 2.72 bits per heavy atom. The van der Waals surface area contributed by atoms with Crippen LogP contribution in [0.3, 0.4) is 0 Å². The number of ether oxygens (including phenoxy) is 2. The summed E-state index contributed by atoms with van der Waals surface area (Å²) in [4.78, 5) is 18.5. The van der Waals surface area contributed by atoms with Crippen molar-refractivity contribution in [2.45, 2.75) is 45.4 Å². The van der Waals surface area contributed by atoms with Gasteiger partial charge in [0.2, 0.25) is 5.72 Å². The average Bonchev–Trinajstić information content (AvgIpc) is 2.86. The number of anilines is 1. The van der Waals surface area contributed by atoms with Crippen molar-refractivity contribution in [2.24, 2.45) is 0 Å². The number of rotatable bonds is 3. The topological polar surface area (TPSA) is 51.7 Å². The minimum Gasteiger partial charge on any atom is -0.461 e. The predicted octanol–water partition coefficient (Wildman–Crippen LogP) is 4.54. The molecule has 1 aromatic carbocycles. The second kappa shape index (κ2) is 6.48. The van der Waals surface area contributed by atoms with Gasteiger partial charge >= 0.3 is 5.97 Å². The molecule has 150 valence electrons. The van der Waals surface area contributed by atoms with Crippen molar-refractivity contribution < 1.29 is 14.3 Å². The highest BCUT2D eigenvalue weighted by molar-refractivity contribution is 5.87. The maximum Gasteiger partial charge on any atom is 0.333 e. The van der Waals surface area contributed by atoms with E-state index in [9.17, 15) is 4.79 Å². The van der Waals surface area contributed by atoms with E-state index in [1.807, 2.05) is 13.0 Å². The molecular formula is C24H26N2O3. The lowest BCUT2D eigenvalue weighted by molar-refractivity contribution is -0.140. The smallest absolute Gasteiger partial charge is 0.333 e. The normalized spacial score (nSPS) is 20.8. The summed E-state index contributed by atoms with van der Waals surface area (Å²) in [6.45, 7) is 11.7. The quantitative estimate of drug-likeness (QED) is 0.569. The number of hydrogen-bond acceptors (Lipinski definition) is 5. The molecule has 0 saturated carbocycles. The van der Waals surface area contributed by atoms with Gasteiger partial charge in [0.25, 0.3) is 0 Å². The maximum absolute atomic E-state index is 11.8. The zero-order chi connectivity index (χ0) is 21.0. The Morgan fingerprint density at radius 1 is 1.31 bits per heavy atom. The van der Waals surface area contributed by atoms with E-state index in [1.54, 1.807) is 13.1 Å². The van der Waals surface area contributed by atoms with Crippen LogP contribution in [0.1, 0.15) is 43.2 Å². The molecule has 0 radical (unpaired) electrons. The van der Waals surface area contributed by atoms with Crippen LogP contribution in [0.25, 0.3) is 6.08 Å². The first-order chi connectivity index (χ1) is 13.7. The fourth-order valence-corrected chi connectivity index (χ4v) is 4.32. The monoisotopic (exact) mass is 390 g/mol. The lowest BCUT2D eigenvalue weighted by Gasteiger charge is -2.46. The summed E-state index contributed by atoms with van der Waals surface area (Å²) in [5, 5.41) is 0. The number of carbonyl (C=O) groups excluding carboxylic acids is 1. The molecule has 0 bridgehead atoms. The molecule has 5 nitrogen and oxygen atoms in total. The van der Waals surface area contributed by atoms with Crippen LogP contribution in [0, 0.1) is 6.92 Å². The molecule has 1 spiro atoms. The van der Waals surface area contributed by atoms with Crippen molar-refractivity contribution >= 4 is 17.7 Å². The third-order valence-electron chi connectivity index (χ3n) is 6.11. The summed E-state index contributed by atoms with van der Waals surface area (Å²) in [6, 6.07) is 8.39. The number of nitrogens with zero attached hydrogens (tertiary/aromatic N) is 2. The summed E-state index contributed by atoms with van der Waals surface area (Å²) in [5.74, 6) is 0.313. The number of aromatic nitrogens is 1. The van der Waals surface area contributed by atoms with Crippen LogP contribution in [0.5, 0.6) is 5.75 Å². The first kappa shape index (κ1) is 19.2. The van der Waals surface area contributed by atoms with E-state index in [0.29, 0.717) is 5.57 Å². The largest absolute Gasteiger partial charge is 0.461 e. The predicted molar refractivity (Wildman–Crippen MR) is 114 cm³/mol. The van der Waals surface area contributed by atoms with Crippen molar-refractivity contribution in [3.05, 3.63) is 71.1 Å². The van der Waals surface area contributed by atoms with E-state index in [1.165, 1.54) is 5.56 Å². The summed E-state index contributed by atoms with van der Waals surface area (Å²) >= 11 is 0. The van der Waals surface area contributed by atoms with Crippen molar-refractivity contribution in [1.82, 2.24) is 4.98 Å². The lowest BCUT2D eigenvalue weighted by atomic mass is 9.76. The fraction of sp³-hybridized carbons (Fsp3) is 0.333. The first-order valence-corrected chi connectivity index (χ1v) is 9.72. The standard InChI is InChI=1S/C24H26N2O3/c1-15(2)22(27)28-14-17-13-25-16(3)21-18(17)11-12-24(29-21)23(4,5)19-9-7-8-10-20(19)26(24)6/h7-13H,1,14H2,2-6H3. The molecule has 2 aliphatic rings. The van der Waals surface area contributed by atoms with Crippen LogP contribution >= 0.6 is 0 Å². The van der Waals surface area contributed by atoms with Gasteiger partial charge in [0, 0.05) is 35.6 Å².